The summed E-state index contributed by atoms with van der Waals surface area (Å²) in [6.45, 7) is 3.24. The van der Waals surface area contributed by atoms with Crippen LogP contribution in [-0.2, 0) is 6.54 Å². The molecule has 2 aromatic rings. The number of unbranched alkanes of at least 4 members (excludes halogenated alkanes) is 1. The Morgan fingerprint density at radius 2 is 2.00 bits per heavy atom. The van der Waals surface area contributed by atoms with E-state index in [-0.39, 0.29) is 11.0 Å². The van der Waals surface area contributed by atoms with Crippen LogP contribution in [0, 0.1) is 0 Å². The molecule has 27 heavy (non-hydrogen) atoms. The SMILES string of the molecule is CCCCOc1ccc(CNC(=S)NC(=O)c2cccc(Br)c2)cc1OC. The molecule has 2 rings (SSSR count). The molecule has 0 saturated carbocycles. The second-order valence-electron chi connectivity index (χ2n) is 5.83. The second kappa shape index (κ2) is 10.9. The van der Waals surface area contributed by atoms with Crippen molar-refractivity contribution in [2.24, 2.45) is 0 Å². The number of thiocarbonyl (C=S) groups is 1. The highest BCUT2D eigenvalue weighted by Gasteiger charge is 2.09. The normalized spacial score (nSPS) is 10.2. The molecular weight excluding hydrogens is 428 g/mol. The van der Waals surface area contributed by atoms with Crippen LogP contribution in [0.15, 0.2) is 46.9 Å². The van der Waals surface area contributed by atoms with E-state index in [0.717, 1.165) is 28.6 Å². The molecule has 0 saturated heterocycles. The number of carbonyl (C=O) groups is 1. The molecule has 0 unspecified atom stereocenters. The highest BCUT2D eigenvalue weighted by atomic mass is 79.9. The Morgan fingerprint density at radius 3 is 2.70 bits per heavy atom. The zero-order valence-electron chi connectivity index (χ0n) is 15.4. The minimum atomic E-state index is -0.258. The lowest BCUT2D eigenvalue weighted by atomic mass is 10.2. The van der Waals surface area contributed by atoms with Gasteiger partial charge in [-0.3, -0.25) is 10.1 Å². The topological polar surface area (TPSA) is 59.6 Å². The molecule has 0 atom stereocenters. The highest BCUT2D eigenvalue weighted by molar-refractivity contribution is 9.10. The van der Waals surface area contributed by atoms with Crippen LogP contribution < -0.4 is 20.1 Å². The fourth-order valence-electron chi connectivity index (χ4n) is 2.30. The molecule has 0 radical (unpaired) electrons. The summed E-state index contributed by atoms with van der Waals surface area (Å²) in [5, 5.41) is 5.97. The highest BCUT2D eigenvalue weighted by Crippen LogP contribution is 2.28. The molecule has 7 heteroatoms. The van der Waals surface area contributed by atoms with Gasteiger partial charge >= 0.3 is 0 Å². The number of methoxy groups -OCH3 is 1. The van der Waals surface area contributed by atoms with Gasteiger partial charge in [-0.05, 0) is 54.5 Å². The molecule has 2 N–H and O–H groups in total. The number of carbonyl (C=O) groups excluding carboxylic acids is 1. The molecule has 144 valence electrons. The third-order valence-corrected chi connectivity index (χ3v) is 4.49. The summed E-state index contributed by atoms with van der Waals surface area (Å²) in [7, 11) is 1.61. The van der Waals surface area contributed by atoms with Crippen molar-refractivity contribution < 1.29 is 14.3 Å². The van der Waals surface area contributed by atoms with E-state index in [1.807, 2.05) is 24.3 Å². The summed E-state index contributed by atoms with van der Waals surface area (Å²) in [5.74, 6) is 1.14. The van der Waals surface area contributed by atoms with Gasteiger partial charge in [0, 0.05) is 16.6 Å². The van der Waals surface area contributed by atoms with Gasteiger partial charge in [-0.15, -0.1) is 0 Å². The summed E-state index contributed by atoms with van der Waals surface area (Å²) in [5.41, 5.74) is 1.50. The summed E-state index contributed by atoms with van der Waals surface area (Å²) in [6, 6.07) is 12.8. The maximum Gasteiger partial charge on any atom is 0.257 e. The monoisotopic (exact) mass is 450 g/mol. The quantitative estimate of drug-likeness (QED) is 0.459. The predicted molar refractivity (Wildman–Crippen MR) is 114 cm³/mol. The van der Waals surface area contributed by atoms with Gasteiger partial charge in [0.2, 0.25) is 0 Å². The van der Waals surface area contributed by atoms with Gasteiger partial charge in [0.1, 0.15) is 0 Å². The molecule has 0 aliphatic rings. The van der Waals surface area contributed by atoms with Crippen molar-refractivity contribution in [3.05, 3.63) is 58.1 Å². The molecule has 0 fully saturated rings. The second-order valence-corrected chi connectivity index (χ2v) is 7.16. The number of hydrogen-bond acceptors (Lipinski definition) is 4. The molecule has 0 aromatic heterocycles. The molecular formula is C20H23BrN2O3S. The molecule has 1 amide bonds. The van der Waals surface area contributed by atoms with E-state index < -0.39 is 0 Å². The van der Waals surface area contributed by atoms with Crippen molar-refractivity contribution in [1.82, 2.24) is 10.6 Å². The Balaban J connectivity index is 1.89. The van der Waals surface area contributed by atoms with Crippen LogP contribution in [0.2, 0.25) is 0 Å². The maximum absolute atomic E-state index is 12.2. The Hall–Kier alpha value is -2.12. The first kappa shape index (κ1) is 21.2. The standard InChI is InChI=1S/C20H23BrN2O3S/c1-3-4-10-26-17-9-8-14(11-18(17)25-2)13-22-20(27)23-19(24)15-6-5-7-16(21)12-15/h5-9,11-12H,3-4,10,13H2,1-2H3,(H2,22,23,24,27). The number of halogens is 1. The van der Waals surface area contributed by atoms with E-state index in [9.17, 15) is 4.79 Å². The third kappa shape index (κ3) is 6.84. The number of benzene rings is 2. The molecule has 2 aromatic carbocycles. The van der Waals surface area contributed by atoms with Crippen molar-refractivity contribution in [1.29, 1.82) is 0 Å². The van der Waals surface area contributed by atoms with Crippen LogP contribution >= 0.6 is 28.1 Å². The Morgan fingerprint density at radius 1 is 1.19 bits per heavy atom. The lowest BCUT2D eigenvalue weighted by Gasteiger charge is -2.13. The van der Waals surface area contributed by atoms with Gasteiger partial charge in [-0.25, -0.2) is 0 Å². The van der Waals surface area contributed by atoms with Gasteiger partial charge in [-0.1, -0.05) is 41.4 Å². The number of rotatable bonds is 8. The summed E-state index contributed by atoms with van der Waals surface area (Å²) >= 11 is 8.56. The number of ether oxygens (including phenoxy) is 2. The zero-order valence-corrected chi connectivity index (χ0v) is 17.8. The summed E-state index contributed by atoms with van der Waals surface area (Å²) in [6.07, 6.45) is 2.08. The average molecular weight is 451 g/mol. The molecule has 0 aliphatic heterocycles. The van der Waals surface area contributed by atoms with Gasteiger partial charge < -0.3 is 14.8 Å². The minimum absolute atomic E-state index is 0.258. The summed E-state index contributed by atoms with van der Waals surface area (Å²) < 4.78 is 12.0. The third-order valence-electron chi connectivity index (χ3n) is 3.75. The van der Waals surface area contributed by atoms with E-state index in [1.54, 1.807) is 25.3 Å². The Bertz CT molecular complexity index is 799. The molecule has 0 spiro atoms. The van der Waals surface area contributed by atoms with Crippen LogP contribution in [0.1, 0.15) is 35.7 Å². The van der Waals surface area contributed by atoms with E-state index in [4.69, 9.17) is 21.7 Å². The van der Waals surface area contributed by atoms with Gasteiger partial charge in [0.15, 0.2) is 16.6 Å². The van der Waals surface area contributed by atoms with Crippen LogP contribution in [-0.4, -0.2) is 24.7 Å². The number of amides is 1. The largest absolute Gasteiger partial charge is 0.493 e. The first-order valence-electron chi connectivity index (χ1n) is 8.68. The zero-order chi connectivity index (χ0) is 19.6. The number of nitrogens with one attached hydrogen (secondary N) is 2. The Kier molecular flexibility index (Phi) is 8.54. The average Bonchev–Trinajstić information content (AvgIpc) is 2.67. The van der Waals surface area contributed by atoms with Crippen molar-refractivity contribution >= 4 is 39.2 Å². The molecule has 0 heterocycles. The molecule has 5 nitrogen and oxygen atoms in total. The van der Waals surface area contributed by atoms with E-state index in [1.165, 1.54) is 0 Å². The smallest absolute Gasteiger partial charge is 0.257 e. The van der Waals surface area contributed by atoms with E-state index in [0.29, 0.717) is 24.5 Å². The maximum atomic E-state index is 12.2. The van der Waals surface area contributed by atoms with E-state index >= 15 is 0 Å². The van der Waals surface area contributed by atoms with Gasteiger partial charge in [0.05, 0.1) is 13.7 Å². The van der Waals surface area contributed by atoms with Crippen LogP contribution in [0.4, 0.5) is 0 Å². The summed E-state index contributed by atoms with van der Waals surface area (Å²) in [4.78, 5) is 12.2. The number of hydrogen-bond donors (Lipinski definition) is 2. The van der Waals surface area contributed by atoms with E-state index in [2.05, 4.69) is 33.5 Å². The molecule has 0 aliphatic carbocycles. The van der Waals surface area contributed by atoms with Crippen LogP contribution in [0.25, 0.3) is 0 Å². The fourth-order valence-corrected chi connectivity index (χ4v) is 2.86. The first-order chi connectivity index (χ1) is 13.0. The predicted octanol–water partition coefficient (Wildman–Crippen LogP) is 4.44. The van der Waals surface area contributed by atoms with Crippen LogP contribution in [0.5, 0.6) is 11.5 Å². The molecule has 0 bridgehead atoms. The van der Waals surface area contributed by atoms with Crippen LogP contribution in [0.3, 0.4) is 0 Å². The van der Waals surface area contributed by atoms with Crippen molar-refractivity contribution in [3.63, 3.8) is 0 Å². The Labute approximate surface area is 173 Å². The first-order valence-corrected chi connectivity index (χ1v) is 9.88. The van der Waals surface area contributed by atoms with Gasteiger partial charge in [0.25, 0.3) is 5.91 Å². The minimum Gasteiger partial charge on any atom is -0.493 e. The fraction of sp³-hybridized carbons (Fsp3) is 0.300. The van der Waals surface area contributed by atoms with Crippen molar-refractivity contribution in [2.45, 2.75) is 26.3 Å². The lowest BCUT2D eigenvalue weighted by molar-refractivity contribution is 0.0976. The van der Waals surface area contributed by atoms with Crippen molar-refractivity contribution in [3.8, 4) is 11.5 Å². The van der Waals surface area contributed by atoms with Crippen molar-refractivity contribution in [2.75, 3.05) is 13.7 Å². The van der Waals surface area contributed by atoms with Gasteiger partial charge in [-0.2, -0.15) is 0 Å². The lowest BCUT2D eigenvalue weighted by Crippen LogP contribution is -2.38.